The van der Waals surface area contributed by atoms with Crippen LogP contribution in [0, 0.1) is 6.92 Å². The van der Waals surface area contributed by atoms with Crippen molar-refractivity contribution >= 4 is 11.9 Å². The van der Waals surface area contributed by atoms with Crippen LogP contribution in [0.5, 0.6) is 11.5 Å². The molecular formula is C23H22N4O4. The summed E-state index contributed by atoms with van der Waals surface area (Å²) < 4.78 is 18.2. The molecule has 0 spiro atoms. The molecule has 31 heavy (non-hydrogen) atoms. The number of anilines is 1. The summed E-state index contributed by atoms with van der Waals surface area (Å²) in [5, 5.41) is 6.96. The van der Waals surface area contributed by atoms with E-state index in [9.17, 15) is 4.79 Å². The Kier molecular flexibility index (Phi) is 5.98. The van der Waals surface area contributed by atoms with Crippen molar-refractivity contribution in [2.75, 3.05) is 12.4 Å². The maximum Gasteiger partial charge on any atom is 0.293 e. The summed E-state index contributed by atoms with van der Waals surface area (Å²) in [5.74, 6) is 1.65. The minimum Gasteiger partial charge on any atom is -0.493 e. The molecule has 0 bridgehead atoms. The molecule has 4 rings (SSSR count). The zero-order valence-corrected chi connectivity index (χ0v) is 17.2. The van der Waals surface area contributed by atoms with Crippen molar-refractivity contribution in [1.29, 1.82) is 0 Å². The molecule has 4 aromatic rings. The number of benzene rings is 2. The van der Waals surface area contributed by atoms with Crippen molar-refractivity contribution in [1.82, 2.24) is 14.8 Å². The first-order valence-corrected chi connectivity index (χ1v) is 9.72. The van der Waals surface area contributed by atoms with Crippen LogP contribution in [0.25, 0.3) is 0 Å². The predicted octanol–water partition coefficient (Wildman–Crippen LogP) is 4.07. The molecule has 0 fully saturated rings. The molecule has 8 nitrogen and oxygen atoms in total. The third kappa shape index (κ3) is 4.92. The standard InChI is InChI=1S/C23H22N4O4/c1-16-7-3-4-8-17(16)13-27-15-24-23(26-27)25-22(28)21-12-11-18(31-21)14-30-20-10-6-5-9-19(20)29-2/h3-12,15H,13-14H2,1-2H3,(H,25,26,28). The molecular weight excluding hydrogens is 396 g/mol. The van der Waals surface area contributed by atoms with E-state index < -0.39 is 5.91 Å². The average Bonchev–Trinajstić information content (AvgIpc) is 3.44. The highest BCUT2D eigenvalue weighted by atomic mass is 16.5. The van der Waals surface area contributed by atoms with E-state index >= 15 is 0 Å². The van der Waals surface area contributed by atoms with Crippen molar-refractivity contribution < 1.29 is 18.7 Å². The second kappa shape index (κ2) is 9.17. The molecule has 1 N–H and O–H groups in total. The average molecular weight is 418 g/mol. The van der Waals surface area contributed by atoms with Crippen LogP contribution in [-0.2, 0) is 13.2 Å². The summed E-state index contributed by atoms with van der Waals surface area (Å²) in [6, 6.07) is 18.6. The van der Waals surface area contributed by atoms with Gasteiger partial charge in [-0.1, -0.05) is 36.4 Å². The number of ether oxygens (including phenoxy) is 2. The molecule has 0 saturated heterocycles. The Labute approximate surface area is 179 Å². The van der Waals surface area contributed by atoms with E-state index in [1.807, 2.05) is 49.4 Å². The van der Waals surface area contributed by atoms with Gasteiger partial charge in [0, 0.05) is 0 Å². The first kappa shape index (κ1) is 20.2. The van der Waals surface area contributed by atoms with Gasteiger partial charge < -0.3 is 13.9 Å². The third-order valence-electron chi connectivity index (χ3n) is 4.68. The van der Waals surface area contributed by atoms with Crippen LogP contribution in [0.1, 0.15) is 27.4 Å². The van der Waals surface area contributed by atoms with Crippen molar-refractivity contribution in [3.05, 3.63) is 89.6 Å². The molecule has 2 heterocycles. The van der Waals surface area contributed by atoms with Gasteiger partial charge in [-0.2, -0.15) is 0 Å². The molecule has 0 aliphatic heterocycles. The lowest BCUT2D eigenvalue weighted by molar-refractivity contribution is 0.0991. The van der Waals surface area contributed by atoms with E-state index in [0.29, 0.717) is 23.8 Å². The van der Waals surface area contributed by atoms with E-state index in [-0.39, 0.29) is 18.3 Å². The van der Waals surface area contributed by atoms with E-state index in [1.165, 1.54) is 5.56 Å². The molecule has 8 heteroatoms. The van der Waals surface area contributed by atoms with E-state index in [2.05, 4.69) is 15.4 Å². The Hall–Kier alpha value is -4.07. The summed E-state index contributed by atoms with van der Waals surface area (Å²) in [6.45, 7) is 2.78. The highest BCUT2D eigenvalue weighted by Gasteiger charge is 2.15. The van der Waals surface area contributed by atoms with Crippen LogP contribution in [0.3, 0.4) is 0 Å². The minimum atomic E-state index is -0.433. The Morgan fingerprint density at radius 2 is 1.84 bits per heavy atom. The number of nitrogens with one attached hydrogen (secondary N) is 1. The van der Waals surface area contributed by atoms with E-state index in [0.717, 1.165) is 5.56 Å². The van der Waals surface area contributed by atoms with Crippen LogP contribution in [0.4, 0.5) is 5.95 Å². The summed E-state index contributed by atoms with van der Waals surface area (Å²) in [4.78, 5) is 16.6. The Balaban J connectivity index is 1.35. The third-order valence-corrected chi connectivity index (χ3v) is 4.68. The van der Waals surface area contributed by atoms with Crippen molar-refractivity contribution in [3.63, 3.8) is 0 Å². The normalized spacial score (nSPS) is 10.6. The Bertz CT molecular complexity index is 1180. The minimum absolute atomic E-state index is 0.147. The molecule has 0 atom stereocenters. The lowest BCUT2D eigenvalue weighted by atomic mass is 10.1. The number of amides is 1. The number of nitrogens with zero attached hydrogens (tertiary/aromatic N) is 3. The second-order valence-electron chi connectivity index (χ2n) is 6.85. The van der Waals surface area contributed by atoms with Gasteiger partial charge in [0.05, 0.1) is 13.7 Å². The van der Waals surface area contributed by atoms with Gasteiger partial charge in [-0.15, -0.1) is 5.10 Å². The van der Waals surface area contributed by atoms with Crippen LogP contribution in [0.2, 0.25) is 0 Å². The zero-order chi connectivity index (χ0) is 21.6. The van der Waals surface area contributed by atoms with Crippen LogP contribution < -0.4 is 14.8 Å². The summed E-state index contributed by atoms with van der Waals surface area (Å²) in [7, 11) is 1.58. The molecule has 1 amide bonds. The number of aryl methyl sites for hydroxylation is 1. The van der Waals surface area contributed by atoms with E-state index in [1.54, 1.807) is 36.3 Å². The van der Waals surface area contributed by atoms with Crippen molar-refractivity contribution in [3.8, 4) is 11.5 Å². The van der Waals surface area contributed by atoms with Crippen LogP contribution in [0.15, 0.2) is 71.4 Å². The molecule has 0 radical (unpaired) electrons. The monoisotopic (exact) mass is 418 g/mol. The molecule has 0 saturated carbocycles. The highest BCUT2D eigenvalue weighted by Crippen LogP contribution is 2.26. The fourth-order valence-electron chi connectivity index (χ4n) is 3.02. The van der Waals surface area contributed by atoms with Gasteiger partial charge in [-0.25, -0.2) is 9.67 Å². The van der Waals surface area contributed by atoms with Crippen molar-refractivity contribution in [2.45, 2.75) is 20.1 Å². The molecule has 2 aromatic heterocycles. The fraction of sp³-hybridized carbons (Fsp3) is 0.174. The first-order valence-electron chi connectivity index (χ1n) is 9.72. The lowest BCUT2D eigenvalue weighted by Gasteiger charge is -2.08. The quantitative estimate of drug-likeness (QED) is 0.464. The van der Waals surface area contributed by atoms with Gasteiger partial charge >= 0.3 is 0 Å². The molecule has 0 unspecified atom stereocenters. The van der Waals surface area contributed by atoms with Gasteiger partial charge in [0.25, 0.3) is 5.91 Å². The number of methoxy groups -OCH3 is 1. The highest BCUT2D eigenvalue weighted by molar-refractivity contribution is 6.01. The molecule has 2 aromatic carbocycles. The Morgan fingerprint density at radius 1 is 1.06 bits per heavy atom. The number of rotatable bonds is 8. The van der Waals surface area contributed by atoms with Gasteiger partial charge in [0.2, 0.25) is 5.95 Å². The second-order valence-corrected chi connectivity index (χ2v) is 6.85. The Morgan fingerprint density at radius 3 is 2.65 bits per heavy atom. The van der Waals surface area contributed by atoms with Gasteiger partial charge in [0.1, 0.15) is 18.7 Å². The smallest absolute Gasteiger partial charge is 0.293 e. The van der Waals surface area contributed by atoms with Gasteiger partial charge in [-0.05, 0) is 42.3 Å². The summed E-state index contributed by atoms with van der Waals surface area (Å²) in [6.07, 6.45) is 1.58. The SMILES string of the molecule is COc1ccccc1OCc1ccc(C(=O)Nc2ncn(Cc3ccccc3C)n2)o1. The lowest BCUT2D eigenvalue weighted by Crippen LogP contribution is -2.12. The largest absolute Gasteiger partial charge is 0.493 e. The maximum absolute atomic E-state index is 12.5. The number of para-hydroxylation sites is 2. The molecule has 0 aliphatic carbocycles. The summed E-state index contributed by atoms with van der Waals surface area (Å²) >= 11 is 0. The summed E-state index contributed by atoms with van der Waals surface area (Å²) in [5.41, 5.74) is 2.30. The number of carbonyl (C=O) groups excluding carboxylic acids is 1. The van der Waals surface area contributed by atoms with Gasteiger partial charge in [0.15, 0.2) is 17.3 Å². The number of aromatic nitrogens is 3. The number of hydrogen-bond donors (Lipinski definition) is 1. The number of carbonyl (C=O) groups is 1. The number of hydrogen-bond acceptors (Lipinski definition) is 6. The molecule has 0 aliphatic rings. The number of furan rings is 1. The zero-order valence-electron chi connectivity index (χ0n) is 17.2. The predicted molar refractivity (Wildman–Crippen MR) is 114 cm³/mol. The van der Waals surface area contributed by atoms with Gasteiger partial charge in [-0.3, -0.25) is 10.1 Å². The first-order chi connectivity index (χ1) is 15.1. The topological polar surface area (TPSA) is 91.4 Å². The van der Waals surface area contributed by atoms with Crippen LogP contribution >= 0.6 is 0 Å². The van der Waals surface area contributed by atoms with Crippen LogP contribution in [-0.4, -0.2) is 27.8 Å². The fourth-order valence-corrected chi connectivity index (χ4v) is 3.02. The molecule has 158 valence electrons. The van der Waals surface area contributed by atoms with E-state index in [4.69, 9.17) is 13.9 Å². The maximum atomic E-state index is 12.5. The van der Waals surface area contributed by atoms with Crippen molar-refractivity contribution in [2.24, 2.45) is 0 Å².